The third-order valence-corrected chi connectivity index (χ3v) is 3.47. The number of nitrogen functional groups attached to an aromatic ring is 1. The highest BCUT2D eigenvalue weighted by Crippen LogP contribution is 2.30. The summed E-state index contributed by atoms with van der Waals surface area (Å²) in [7, 11) is 0. The van der Waals surface area contributed by atoms with Crippen LogP contribution in [0.3, 0.4) is 0 Å². The van der Waals surface area contributed by atoms with E-state index in [4.69, 9.17) is 17.3 Å². The Balaban J connectivity index is 2.23. The van der Waals surface area contributed by atoms with E-state index in [1.54, 1.807) is 19.1 Å². The average molecular weight is 283 g/mol. The van der Waals surface area contributed by atoms with Gasteiger partial charge in [-0.3, -0.25) is 4.79 Å². The standard InChI is InChI=1S/C11H11ClN4OS/c1-2-9(17)14-11-16-15-10(18-11)6-3-4-7(12)8(13)5-6/h3-5H,2,13H2,1H3,(H,14,16,17). The molecule has 0 fully saturated rings. The largest absolute Gasteiger partial charge is 0.398 e. The van der Waals surface area contributed by atoms with Crippen LogP contribution in [0.25, 0.3) is 10.6 Å². The van der Waals surface area contributed by atoms with Crippen molar-refractivity contribution in [1.29, 1.82) is 0 Å². The van der Waals surface area contributed by atoms with Crippen molar-refractivity contribution in [2.24, 2.45) is 0 Å². The van der Waals surface area contributed by atoms with Gasteiger partial charge < -0.3 is 11.1 Å². The first kappa shape index (κ1) is 12.8. The molecule has 7 heteroatoms. The van der Waals surface area contributed by atoms with Crippen molar-refractivity contribution >= 4 is 39.7 Å². The number of nitrogens with zero attached hydrogens (tertiary/aromatic N) is 2. The number of carbonyl (C=O) groups excluding carboxylic acids is 1. The lowest BCUT2D eigenvalue weighted by Crippen LogP contribution is -2.08. The zero-order valence-electron chi connectivity index (χ0n) is 9.61. The maximum Gasteiger partial charge on any atom is 0.225 e. The molecule has 0 aliphatic rings. The molecule has 0 unspecified atom stereocenters. The zero-order chi connectivity index (χ0) is 13.1. The molecule has 0 radical (unpaired) electrons. The molecular formula is C11H11ClN4OS. The van der Waals surface area contributed by atoms with Crippen molar-refractivity contribution in [3.63, 3.8) is 0 Å². The Labute approximate surface area is 113 Å². The number of nitrogens with two attached hydrogens (primary N) is 1. The average Bonchev–Trinajstić information content (AvgIpc) is 2.81. The van der Waals surface area contributed by atoms with Crippen molar-refractivity contribution in [3.8, 4) is 10.6 Å². The summed E-state index contributed by atoms with van der Waals surface area (Å²) in [5.74, 6) is -0.0895. The van der Waals surface area contributed by atoms with Crippen molar-refractivity contribution in [3.05, 3.63) is 23.2 Å². The number of hydrogen-bond donors (Lipinski definition) is 2. The molecule has 0 atom stereocenters. The molecule has 0 aliphatic heterocycles. The van der Waals surface area contributed by atoms with Crippen LogP contribution in [0.1, 0.15) is 13.3 Å². The van der Waals surface area contributed by atoms with Crippen molar-refractivity contribution in [1.82, 2.24) is 10.2 Å². The molecule has 0 saturated carbocycles. The number of anilines is 2. The van der Waals surface area contributed by atoms with E-state index in [0.717, 1.165) is 5.56 Å². The molecule has 5 nitrogen and oxygen atoms in total. The molecule has 1 amide bonds. The van der Waals surface area contributed by atoms with Crippen LogP contribution in [-0.4, -0.2) is 16.1 Å². The first-order valence-corrected chi connectivity index (χ1v) is 6.48. The molecule has 1 aromatic heterocycles. The summed E-state index contributed by atoms with van der Waals surface area (Å²) in [4.78, 5) is 11.2. The van der Waals surface area contributed by atoms with Crippen LogP contribution in [0.2, 0.25) is 5.02 Å². The van der Waals surface area contributed by atoms with Crippen molar-refractivity contribution < 1.29 is 4.79 Å². The molecule has 2 aromatic rings. The summed E-state index contributed by atoms with van der Waals surface area (Å²) in [5, 5.41) is 12.2. The third kappa shape index (κ3) is 2.77. The number of rotatable bonds is 3. The van der Waals surface area contributed by atoms with Gasteiger partial charge in [0.2, 0.25) is 11.0 Å². The summed E-state index contributed by atoms with van der Waals surface area (Å²) in [6.07, 6.45) is 0.406. The zero-order valence-corrected chi connectivity index (χ0v) is 11.2. The molecule has 18 heavy (non-hydrogen) atoms. The maximum absolute atomic E-state index is 11.2. The number of carbonyl (C=O) groups is 1. The van der Waals surface area contributed by atoms with Gasteiger partial charge in [-0.05, 0) is 12.1 Å². The minimum atomic E-state index is -0.0895. The first-order valence-electron chi connectivity index (χ1n) is 5.29. The minimum absolute atomic E-state index is 0.0895. The van der Waals surface area contributed by atoms with Gasteiger partial charge in [-0.2, -0.15) is 0 Å². The normalized spacial score (nSPS) is 10.3. The Hall–Kier alpha value is -1.66. The smallest absolute Gasteiger partial charge is 0.225 e. The van der Waals surface area contributed by atoms with Crippen LogP contribution < -0.4 is 11.1 Å². The Morgan fingerprint density at radius 3 is 2.94 bits per heavy atom. The van der Waals surface area contributed by atoms with Crippen molar-refractivity contribution in [2.45, 2.75) is 13.3 Å². The van der Waals surface area contributed by atoms with E-state index >= 15 is 0 Å². The molecule has 1 aromatic carbocycles. The van der Waals surface area contributed by atoms with E-state index in [1.165, 1.54) is 11.3 Å². The molecule has 2 rings (SSSR count). The van der Waals surface area contributed by atoms with Crippen LogP contribution in [-0.2, 0) is 4.79 Å². The second-order valence-electron chi connectivity index (χ2n) is 3.55. The SMILES string of the molecule is CCC(=O)Nc1nnc(-c2ccc(Cl)c(N)c2)s1. The molecule has 94 valence electrons. The van der Waals surface area contributed by atoms with Crippen molar-refractivity contribution in [2.75, 3.05) is 11.1 Å². The number of hydrogen-bond acceptors (Lipinski definition) is 5. The van der Waals surface area contributed by atoms with E-state index in [1.807, 2.05) is 6.07 Å². The molecule has 3 N–H and O–H groups in total. The summed E-state index contributed by atoms with van der Waals surface area (Å²) >= 11 is 7.14. The monoisotopic (exact) mass is 282 g/mol. The summed E-state index contributed by atoms with van der Waals surface area (Å²) in [6.45, 7) is 1.77. The van der Waals surface area contributed by atoms with E-state index < -0.39 is 0 Å². The predicted molar refractivity (Wildman–Crippen MR) is 73.7 cm³/mol. The highest BCUT2D eigenvalue weighted by Gasteiger charge is 2.09. The van der Waals surface area contributed by atoms with Crippen LogP contribution in [0, 0.1) is 0 Å². The Kier molecular flexibility index (Phi) is 3.78. The minimum Gasteiger partial charge on any atom is -0.398 e. The fourth-order valence-corrected chi connectivity index (χ4v) is 2.15. The number of halogens is 1. The Morgan fingerprint density at radius 1 is 1.50 bits per heavy atom. The number of nitrogens with one attached hydrogen (secondary N) is 1. The quantitative estimate of drug-likeness (QED) is 0.848. The fourth-order valence-electron chi connectivity index (χ4n) is 1.27. The van der Waals surface area contributed by atoms with Crippen LogP contribution in [0.5, 0.6) is 0 Å². The summed E-state index contributed by atoms with van der Waals surface area (Å²) < 4.78 is 0. The topological polar surface area (TPSA) is 80.9 Å². The summed E-state index contributed by atoms with van der Waals surface area (Å²) in [5.41, 5.74) is 7.04. The third-order valence-electron chi connectivity index (χ3n) is 2.24. The van der Waals surface area contributed by atoms with Gasteiger partial charge in [0.15, 0.2) is 0 Å². The second kappa shape index (κ2) is 5.32. The van der Waals surface area contributed by atoms with Crippen LogP contribution in [0.15, 0.2) is 18.2 Å². The lowest BCUT2D eigenvalue weighted by molar-refractivity contribution is -0.115. The van der Waals surface area contributed by atoms with Gasteiger partial charge in [0.1, 0.15) is 5.01 Å². The molecule has 0 aliphatic carbocycles. The van der Waals surface area contributed by atoms with E-state index in [2.05, 4.69) is 15.5 Å². The lowest BCUT2D eigenvalue weighted by Gasteiger charge is -1.99. The Bertz CT molecular complexity index is 584. The highest BCUT2D eigenvalue weighted by atomic mass is 35.5. The predicted octanol–water partition coefficient (Wildman–Crippen LogP) is 2.79. The second-order valence-corrected chi connectivity index (χ2v) is 4.94. The van der Waals surface area contributed by atoms with Gasteiger partial charge in [-0.1, -0.05) is 35.9 Å². The van der Waals surface area contributed by atoms with Gasteiger partial charge in [0, 0.05) is 12.0 Å². The van der Waals surface area contributed by atoms with Gasteiger partial charge >= 0.3 is 0 Å². The van der Waals surface area contributed by atoms with E-state index in [0.29, 0.717) is 27.3 Å². The Morgan fingerprint density at radius 2 is 2.28 bits per heavy atom. The lowest BCUT2D eigenvalue weighted by atomic mass is 10.2. The van der Waals surface area contributed by atoms with Gasteiger partial charge in [-0.25, -0.2) is 0 Å². The highest BCUT2D eigenvalue weighted by molar-refractivity contribution is 7.18. The van der Waals surface area contributed by atoms with E-state index in [9.17, 15) is 4.79 Å². The first-order chi connectivity index (χ1) is 8.60. The van der Waals surface area contributed by atoms with Gasteiger partial charge in [0.05, 0.1) is 10.7 Å². The summed E-state index contributed by atoms with van der Waals surface area (Å²) in [6, 6.07) is 5.25. The molecule has 0 saturated heterocycles. The van der Waals surface area contributed by atoms with Crippen LogP contribution in [0.4, 0.5) is 10.8 Å². The molecule has 0 bridgehead atoms. The maximum atomic E-state index is 11.2. The number of amides is 1. The number of aromatic nitrogens is 2. The fraction of sp³-hybridized carbons (Fsp3) is 0.182. The molecule has 0 spiro atoms. The van der Waals surface area contributed by atoms with E-state index in [-0.39, 0.29) is 5.91 Å². The van der Waals surface area contributed by atoms with Gasteiger partial charge in [0.25, 0.3) is 0 Å². The van der Waals surface area contributed by atoms with Crippen LogP contribution >= 0.6 is 22.9 Å². The van der Waals surface area contributed by atoms with Gasteiger partial charge in [-0.15, -0.1) is 10.2 Å². The number of benzene rings is 1. The molecule has 1 heterocycles. The molecular weight excluding hydrogens is 272 g/mol.